The lowest BCUT2D eigenvalue weighted by Gasteiger charge is -2.51. The Morgan fingerprint density at radius 3 is 2.69 bits per heavy atom. The van der Waals surface area contributed by atoms with Crippen molar-refractivity contribution in [3.8, 4) is 0 Å². The van der Waals surface area contributed by atoms with Crippen LogP contribution in [0.4, 0.5) is 0 Å². The first-order valence-electron chi connectivity index (χ1n) is 9.99. The molecule has 2 saturated heterocycles. The highest BCUT2D eigenvalue weighted by Crippen LogP contribution is 2.62. The van der Waals surface area contributed by atoms with Gasteiger partial charge in [-0.3, -0.25) is 4.79 Å². The highest BCUT2D eigenvalue weighted by atomic mass is 16.7. The number of epoxide rings is 1. The van der Waals surface area contributed by atoms with Crippen LogP contribution in [-0.4, -0.2) is 69.8 Å². The summed E-state index contributed by atoms with van der Waals surface area (Å²) in [6, 6.07) is 0. The molecule has 0 radical (unpaired) electrons. The van der Waals surface area contributed by atoms with Crippen LogP contribution in [-0.2, 0) is 23.7 Å². The second-order valence-corrected chi connectivity index (χ2v) is 9.22. The normalized spacial score (nSPS) is 44.3. The average Bonchev–Trinajstić information content (AvgIpc) is 3.31. The minimum absolute atomic E-state index is 0.0220. The molecular weight excluding hydrogens is 334 g/mol. The minimum atomic E-state index is -0.274. The Hall–Kier alpha value is -0.690. The number of carbonyl (C=O) groups is 1. The molecule has 0 aromatic rings. The first kappa shape index (κ1) is 18.7. The zero-order valence-electron chi connectivity index (χ0n) is 16.5. The van der Waals surface area contributed by atoms with Gasteiger partial charge in [0.2, 0.25) is 0 Å². The zero-order valence-corrected chi connectivity index (χ0v) is 16.5. The second kappa shape index (κ2) is 6.73. The largest absolute Gasteiger partial charge is 0.462 e. The fourth-order valence-electron chi connectivity index (χ4n) is 6.08. The van der Waals surface area contributed by atoms with Crippen LogP contribution < -0.4 is 0 Å². The van der Waals surface area contributed by atoms with Gasteiger partial charge in [-0.2, -0.15) is 0 Å². The summed E-state index contributed by atoms with van der Waals surface area (Å²) in [5.74, 6) is 0.802. The van der Waals surface area contributed by atoms with Crippen molar-refractivity contribution >= 4 is 5.97 Å². The maximum Gasteiger partial charge on any atom is 0.310 e. The fraction of sp³-hybridized carbons (Fsp3) is 0.950. The molecule has 2 aliphatic carbocycles. The standard InChI is InChI=1S/C20H33NO5/c1-19-6-5-7-20(12-25-20)16(19)8-13-14(18(22)26-15(13)9-19)10-21(2)11-17(23-3)24-4/h13-17H,5-12H2,1-4H3. The molecule has 0 bridgehead atoms. The number of ether oxygens (including phenoxy) is 4. The monoisotopic (exact) mass is 367 g/mol. The van der Waals surface area contributed by atoms with Crippen molar-refractivity contribution in [1.82, 2.24) is 4.90 Å². The summed E-state index contributed by atoms with van der Waals surface area (Å²) in [6.07, 6.45) is 5.52. The molecule has 2 saturated carbocycles. The molecule has 4 aliphatic rings. The number of nitrogens with zero attached hydrogens (tertiary/aromatic N) is 1. The van der Waals surface area contributed by atoms with E-state index in [2.05, 4.69) is 11.8 Å². The van der Waals surface area contributed by atoms with Crippen molar-refractivity contribution in [2.75, 3.05) is 41.0 Å². The highest BCUT2D eigenvalue weighted by molar-refractivity contribution is 5.75. The van der Waals surface area contributed by atoms with E-state index in [0.717, 1.165) is 19.4 Å². The summed E-state index contributed by atoms with van der Waals surface area (Å²) in [6.45, 7) is 4.64. The van der Waals surface area contributed by atoms with Crippen LogP contribution in [0, 0.1) is 23.2 Å². The van der Waals surface area contributed by atoms with E-state index in [4.69, 9.17) is 18.9 Å². The van der Waals surface area contributed by atoms with Crippen LogP contribution in [0.3, 0.4) is 0 Å². The smallest absolute Gasteiger partial charge is 0.310 e. The molecule has 4 fully saturated rings. The Morgan fingerprint density at radius 2 is 2.04 bits per heavy atom. The number of rotatable bonds is 6. The van der Waals surface area contributed by atoms with Gasteiger partial charge in [-0.15, -0.1) is 0 Å². The summed E-state index contributed by atoms with van der Waals surface area (Å²) in [5.41, 5.74) is 0.367. The van der Waals surface area contributed by atoms with E-state index in [-0.39, 0.29) is 35.3 Å². The maximum atomic E-state index is 12.6. The van der Waals surface area contributed by atoms with Crippen molar-refractivity contribution in [1.29, 1.82) is 0 Å². The van der Waals surface area contributed by atoms with Crippen molar-refractivity contribution in [2.45, 2.75) is 57.0 Å². The van der Waals surface area contributed by atoms with E-state index in [0.29, 0.717) is 24.9 Å². The molecule has 0 aromatic carbocycles. The summed E-state index contributed by atoms with van der Waals surface area (Å²) >= 11 is 0. The number of carbonyl (C=O) groups excluding carboxylic acids is 1. The summed E-state index contributed by atoms with van der Waals surface area (Å²) in [4.78, 5) is 14.8. The predicted molar refractivity (Wildman–Crippen MR) is 95.5 cm³/mol. The van der Waals surface area contributed by atoms with E-state index in [1.54, 1.807) is 14.2 Å². The van der Waals surface area contributed by atoms with Gasteiger partial charge in [0, 0.05) is 33.2 Å². The van der Waals surface area contributed by atoms with Crippen molar-refractivity contribution in [2.24, 2.45) is 23.2 Å². The Balaban J connectivity index is 1.46. The van der Waals surface area contributed by atoms with Gasteiger partial charge in [0.15, 0.2) is 6.29 Å². The Labute approximate surface area is 156 Å². The van der Waals surface area contributed by atoms with E-state index >= 15 is 0 Å². The molecular formula is C20H33NO5. The molecule has 2 aliphatic heterocycles. The van der Waals surface area contributed by atoms with Crippen LogP contribution in [0.15, 0.2) is 0 Å². The molecule has 2 heterocycles. The van der Waals surface area contributed by atoms with Crippen LogP contribution in [0.1, 0.15) is 39.0 Å². The van der Waals surface area contributed by atoms with Gasteiger partial charge in [0.25, 0.3) is 0 Å². The van der Waals surface area contributed by atoms with Gasteiger partial charge < -0.3 is 23.8 Å². The Bertz CT molecular complexity index is 546. The molecule has 6 heteroatoms. The van der Waals surface area contributed by atoms with Gasteiger partial charge in [-0.1, -0.05) is 6.92 Å². The molecule has 148 valence electrons. The number of hydrogen-bond donors (Lipinski definition) is 0. The van der Waals surface area contributed by atoms with E-state index in [1.807, 2.05) is 7.05 Å². The molecule has 4 rings (SSSR count). The Morgan fingerprint density at radius 1 is 1.31 bits per heavy atom. The van der Waals surface area contributed by atoms with E-state index in [1.165, 1.54) is 19.3 Å². The summed E-state index contributed by atoms with van der Waals surface area (Å²) in [5, 5.41) is 0. The lowest BCUT2D eigenvalue weighted by Crippen LogP contribution is -2.51. The topological polar surface area (TPSA) is 60.5 Å². The second-order valence-electron chi connectivity index (χ2n) is 9.22. The van der Waals surface area contributed by atoms with Crippen LogP contribution >= 0.6 is 0 Å². The molecule has 6 nitrogen and oxygen atoms in total. The van der Waals surface area contributed by atoms with Gasteiger partial charge >= 0.3 is 5.97 Å². The number of hydrogen-bond acceptors (Lipinski definition) is 6. The lowest BCUT2D eigenvalue weighted by atomic mass is 9.53. The van der Waals surface area contributed by atoms with Crippen molar-refractivity contribution in [3.63, 3.8) is 0 Å². The third-order valence-corrected chi connectivity index (χ3v) is 7.57. The van der Waals surface area contributed by atoms with Crippen LogP contribution in [0.2, 0.25) is 0 Å². The number of esters is 1. The first-order chi connectivity index (χ1) is 12.4. The van der Waals surface area contributed by atoms with Gasteiger partial charge in [0.1, 0.15) is 6.10 Å². The average molecular weight is 367 g/mol. The maximum absolute atomic E-state index is 12.6. The predicted octanol–water partition coefficient (Wildman–Crippen LogP) is 2.06. The molecule has 6 atom stereocenters. The molecule has 0 aromatic heterocycles. The summed E-state index contributed by atoms with van der Waals surface area (Å²) in [7, 11) is 5.30. The quantitative estimate of drug-likeness (QED) is 0.407. The van der Waals surface area contributed by atoms with E-state index in [9.17, 15) is 4.79 Å². The number of fused-ring (bicyclic) bond motifs is 3. The van der Waals surface area contributed by atoms with Gasteiger partial charge in [-0.05, 0) is 50.5 Å². The summed E-state index contributed by atoms with van der Waals surface area (Å²) < 4.78 is 22.4. The molecule has 0 N–H and O–H groups in total. The lowest BCUT2D eigenvalue weighted by molar-refractivity contribution is -0.147. The number of methoxy groups -OCH3 is 2. The third kappa shape index (κ3) is 3.09. The van der Waals surface area contributed by atoms with Crippen molar-refractivity contribution < 1.29 is 23.7 Å². The van der Waals surface area contributed by atoms with Gasteiger partial charge in [0.05, 0.1) is 18.1 Å². The fourth-order valence-corrected chi connectivity index (χ4v) is 6.08. The molecule has 26 heavy (non-hydrogen) atoms. The minimum Gasteiger partial charge on any atom is -0.462 e. The van der Waals surface area contributed by atoms with E-state index < -0.39 is 0 Å². The zero-order chi connectivity index (χ0) is 18.5. The first-order valence-corrected chi connectivity index (χ1v) is 9.99. The Kier molecular flexibility index (Phi) is 4.83. The van der Waals surface area contributed by atoms with Crippen LogP contribution in [0.5, 0.6) is 0 Å². The molecule has 0 amide bonds. The van der Waals surface area contributed by atoms with Crippen LogP contribution in [0.25, 0.3) is 0 Å². The SMILES string of the molecule is COC(CN(C)CC1C(=O)OC2CC3(C)CCCC4(CO4)C3CC21)OC. The highest BCUT2D eigenvalue weighted by Gasteiger charge is 2.65. The molecule has 1 spiro atoms. The molecule has 6 unspecified atom stereocenters. The van der Waals surface area contributed by atoms with Crippen molar-refractivity contribution in [3.05, 3.63) is 0 Å². The van der Waals surface area contributed by atoms with Gasteiger partial charge in [-0.25, -0.2) is 0 Å². The third-order valence-electron chi connectivity index (χ3n) is 7.57. The number of likely N-dealkylation sites (N-methyl/N-ethyl adjacent to an activating group) is 1.